The highest BCUT2D eigenvalue weighted by Gasteiger charge is 2.22. The van der Waals surface area contributed by atoms with Crippen molar-refractivity contribution in [2.45, 2.75) is 26.7 Å². The molecule has 1 aromatic heterocycles. The molecule has 2 heterocycles. The average molecular weight is 235 g/mol. The summed E-state index contributed by atoms with van der Waals surface area (Å²) >= 11 is 0. The van der Waals surface area contributed by atoms with Gasteiger partial charge in [-0.25, -0.2) is 0 Å². The second-order valence-electron chi connectivity index (χ2n) is 4.51. The molecule has 0 saturated carbocycles. The van der Waals surface area contributed by atoms with Crippen LogP contribution in [0.5, 0.6) is 0 Å². The highest BCUT2D eigenvalue weighted by atomic mass is 15.2. The number of hydrogen-bond donors (Lipinski definition) is 2. The van der Waals surface area contributed by atoms with E-state index in [0.717, 1.165) is 37.2 Å². The molecule has 1 atom stereocenters. The first-order valence-corrected chi connectivity index (χ1v) is 6.36. The Morgan fingerprint density at radius 1 is 1.47 bits per heavy atom. The van der Waals surface area contributed by atoms with Gasteiger partial charge < -0.3 is 16.0 Å². The lowest BCUT2D eigenvalue weighted by molar-refractivity contribution is 0.568. The Balaban J connectivity index is 2.15. The summed E-state index contributed by atoms with van der Waals surface area (Å²) in [6.45, 7) is 7.28. The Morgan fingerprint density at radius 3 is 2.94 bits per heavy atom. The molecule has 17 heavy (non-hydrogen) atoms. The quantitative estimate of drug-likeness (QED) is 0.832. The van der Waals surface area contributed by atoms with Crippen LogP contribution in [0.1, 0.15) is 26.7 Å². The number of nitrogens with one attached hydrogen (secondary N) is 1. The molecule has 2 rings (SSSR count). The molecule has 1 aliphatic rings. The Labute approximate surface area is 102 Å². The fourth-order valence-corrected chi connectivity index (χ4v) is 2.26. The Morgan fingerprint density at radius 2 is 2.29 bits per heavy atom. The zero-order valence-electron chi connectivity index (χ0n) is 10.6. The number of aromatic nitrogens is 2. The Bertz CT molecular complexity index is 379. The van der Waals surface area contributed by atoms with Crippen molar-refractivity contribution in [1.82, 2.24) is 9.97 Å². The van der Waals surface area contributed by atoms with Crippen LogP contribution in [0.2, 0.25) is 0 Å². The highest BCUT2D eigenvalue weighted by molar-refractivity contribution is 5.53. The first kappa shape index (κ1) is 12.0. The van der Waals surface area contributed by atoms with Crippen LogP contribution in [0.15, 0.2) is 6.07 Å². The fourth-order valence-electron chi connectivity index (χ4n) is 2.26. The Hall–Kier alpha value is -1.52. The van der Waals surface area contributed by atoms with Crippen LogP contribution >= 0.6 is 0 Å². The lowest BCUT2D eigenvalue weighted by Crippen LogP contribution is -2.21. The van der Waals surface area contributed by atoms with Crippen molar-refractivity contribution in [1.29, 1.82) is 0 Å². The maximum atomic E-state index is 5.74. The van der Waals surface area contributed by atoms with Crippen molar-refractivity contribution < 1.29 is 0 Å². The van der Waals surface area contributed by atoms with Crippen LogP contribution in [-0.2, 0) is 0 Å². The van der Waals surface area contributed by atoms with Crippen LogP contribution in [0.3, 0.4) is 0 Å². The third-order valence-electron chi connectivity index (χ3n) is 3.28. The summed E-state index contributed by atoms with van der Waals surface area (Å²) in [5.74, 6) is 2.89. The van der Waals surface area contributed by atoms with Gasteiger partial charge in [0.15, 0.2) is 0 Å². The van der Waals surface area contributed by atoms with Crippen molar-refractivity contribution in [3.63, 3.8) is 0 Å². The zero-order valence-corrected chi connectivity index (χ0v) is 10.6. The number of nitrogens with two attached hydrogens (primary N) is 1. The van der Waals surface area contributed by atoms with Gasteiger partial charge in [-0.2, -0.15) is 9.97 Å². The smallest absolute Gasteiger partial charge is 0.223 e. The second-order valence-corrected chi connectivity index (χ2v) is 4.51. The van der Waals surface area contributed by atoms with Crippen LogP contribution in [0.25, 0.3) is 0 Å². The monoisotopic (exact) mass is 235 g/mol. The fraction of sp³-hybridized carbons (Fsp3) is 0.667. The third-order valence-corrected chi connectivity index (χ3v) is 3.28. The van der Waals surface area contributed by atoms with E-state index in [-0.39, 0.29) is 0 Å². The molecule has 94 valence electrons. The molecule has 0 bridgehead atoms. The highest BCUT2D eigenvalue weighted by Crippen LogP contribution is 2.25. The van der Waals surface area contributed by atoms with Crippen molar-refractivity contribution in [2.75, 3.05) is 35.6 Å². The van der Waals surface area contributed by atoms with E-state index in [1.54, 1.807) is 0 Å². The first-order valence-electron chi connectivity index (χ1n) is 6.36. The standard InChI is InChI=1S/C12H21N5/c1-3-9-5-6-17(8-9)11-7-10(14-4-2)15-12(13)16-11/h7,9H,3-6,8H2,1-2H3,(H3,13,14,15,16). The SMILES string of the molecule is CCNc1cc(N2CCC(CC)C2)nc(N)n1. The van der Waals surface area contributed by atoms with Gasteiger partial charge in [0, 0.05) is 25.7 Å². The number of hydrogen-bond acceptors (Lipinski definition) is 5. The lowest BCUT2D eigenvalue weighted by Gasteiger charge is -2.18. The zero-order chi connectivity index (χ0) is 12.3. The predicted octanol–water partition coefficient (Wildman–Crippen LogP) is 1.73. The molecule has 0 spiro atoms. The van der Waals surface area contributed by atoms with E-state index in [2.05, 4.69) is 27.1 Å². The van der Waals surface area contributed by atoms with E-state index in [1.807, 2.05) is 13.0 Å². The van der Waals surface area contributed by atoms with Gasteiger partial charge in [0.2, 0.25) is 5.95 Å². The molecule has 1 fully saturated rings. The molecule has 0 aliphatic carbocycles. The first-order chi connectivity index (χ1) is 8.22. The Kier molecular flexibility index (Phi) is 3.66. The molecule has 1 aromatic rings. The van der Waals surface area contributed by atoms with Gasteiger partial charge in [-0.1, -0.05) is 13.3 Å². The van der Waals surface area contributed by atoms with Crippen molar-refractivity contribution in [2.24, 2.45) is 5.92 Å². The molecule has 1 unspecified atom stereocenters. The van der Waals surface area contributed by atoms with Crippen molar-refractivity contribution in [3.05, 3.63) is 6.07 Å². The van der Waals surface area contributed by atoms with Crippen LogP contribution in [-0.4, -0.2) is 29.6 Å². The van der Waals surface area contributed by atoms with E-state index in [0.29, 0.717) is 5.95 Å². The number of rotatable bonds is 4. The molecule has 0 radical (unpaired) electrons. The van der Waals surface area contributed by atoms with Gasteiger partial charge >= 0.3 is 0 Å². The summed E-state index contributed by atoms with van der Waals surface area (Å²) in [5, 5.41) is 3.18. The maximum Gasteiger partial charge on any atom is 0.223 e. The lowest BCUT2D eigenvalue weighted by atomic mass is 10.1. The molecular formula is C12H21N5. The summed E-state index contributed by atoms with van der Waals surface area (Å²) < 4.78 is 0. The largest absolute Gasteiger partial charge is 0.370 e. The topological polar surface area (TPSA) is 67.1 Å². The number of anilines is 3. The number of nitrogen functional groups attached to an aromatic ring is 1. The molecule has 1 saturated heterocycles. The average Bonchev–Trinajstić information content (AvgIpc) is 2.77. The van der Waals surface area contributed by atoms with E-state index in [1.165, 1.54) is 12.8 Å². The minimum atomic E-state index is 0.346. The number of nitrogens with zero attached hydrogens (tertiary/aromatic N) is 3. The van der Waals surface area contributed by atoms with E-state index in [9.17, 15) is 0 Å². The summed E-state index contributed by atoms with van der Waals surface area (Å²) in [5.41, 5.74) is 5.74. The summed E-state index contributed by atoms with van der Waals surface area (Å²) in [4.78, 5) is 10.8. The van der Waals surface area contributed by atoms with Crippen LogP contribution < -0.4 is 16.0 Å². The minimum Gasteiger partial charge on any atom is -0.370 e. The van der Waals surface area contributed by atoms with Gasteiger partial charge in [0.1, 0.15) is 11.6 Å². The van der Waals surface area contributed by atoms with E-state index < -0.39 is 0 Å². The third kappa shape index (κ3) is 2.78. The molecule has 5 heteroatoms. The normalized spacial score (nSPS) is 19.6. The van der Waals surface area contributed by atoms with Gasteiger partial charge in [0.05, 0.1) is 0 Å². The van der Waals surface area contributed by atoms with Gasteiger partial charge in [0.25, 0.3) is 0 Å². The molecule has 1 aliphatic heterocycles. The summed E-state index contributed by atoms with van der Waals surface area (Å²) in [7, 11) is 0. The summed E-state index contributed by atoms with van der Waals surface area (Å²) in [6, 6.07) is 1.98. The van der Waals surface area contributed by atoms with E-state index in [4.69, 9.17) is 5.73 Å². The van der Waals surface area contributed by atoms with E-state index >= 15 is 0 Å². The van der Waals surface area contributed by atoms with Gasteiger partial charge in [-0.05, 0) is 19.3 Å². The molecule has 3 N–H and O–H groups in total. The molecular weight excluding hydrogens is 214 g/mol. The van der Waals surface area contributed by atoms with Gasteiger partial charge in [-0.3, -0.25) is 0 Å². The van der Waals surface area contributed by atoms with Crippen LogP contribution in [0, 0.1) is 5.92 Å². The molecule has 0 aromatic carbocycles. The van der Waals surface area contributed by atoms with Gasteiger partial charge in [-0.15, -0.1) is 0 Å². The molecule has 5 nitrogen and oxygen atoms in total. The minimum absolute atomic E-state index is 0.346. The second kappa shape index (κ2) is 5.21. The van der Waals surface area contributed by atoms with Crippen molar-refractivity contribution >= 4 is 17.6 Å². The predicted molar refractivity (Wildman–Crippen MR) is 71.2 cm³/mol. The van der Waals surface area contributed by atoms with Crippen LogP contribution in [0.4, 0.5) is 17.6 Å². The molecule has 0 amide bonds. The van der Waals surface area contributed by atoms with Crippen molar-refractivity contribution in [3.8, 4) is 0 Å². The maximum absolute atomic E-state index is 5.74. The summed E-state index contributed by atoms with van der Waals surface area (Å²) in [6.07, 6.45) is 2.48.